The lowest BCUT2D eigenvalue weighted by atomic mass is 10.0. The maximum atomic E-state index is 14.0. The zero-order valence-electron chi connectivity index (χ0n) is 11.6. The van der Waals surface area contributed by atoms with E-state index in [0.717, 1.165) is 11.1 Å². The number of aryl methyl sites for hydroxylation is 1. The monoisotopic (exact) mass is 338 g/mol. The summed E-state index contributed by atoms with van der Waals surface area (Å²) in [4.78, 5) is -0.233. The molecular formula is C16H16BrFO2. The summed E-state index contributed by atoms with van der Waals surface area (Å²) in [6.07, 6.45) is 0. The Balaban J connectivity index is 2.40. The van der Waals surface area contributed by atoms with Crippen LogP contribution in [0.3, 0.4) is 0 Å². The lowest BCUT2D eigenvalue weighted by molar-refractivity contribution is 0.354. The zero-order chi connectivity index (χ0) is 14.7. The van der Waals surface area contributed by atoms with Crippen LogP contribution in [0.1, 0.15) is 21.5 Å². The molecule has 2 aromatic rings. The molecule has 1 atom stereocenters. The van der Waals surface area contributed by atoms with Crippen LogP contribution in [-0.4, -0.2) is 14.2 Å². The molecule has 0 saturated heterocycles. The van der Waals surface area contributed by atoms with Crippen LogP contribution in [0.2, 0.25) is 0 Å². The van der Waals surface area contributed by atoms with Crippen molar-refractivity contribution >= 4 is 15.9 Å². The fraction of sp³-hybridized carbons (Fsp3) is 0.250. The van der Waals surface area contributed by atoms with Gasteiger partial charge >= 0.3 is 0 Å². The summed E-state index contributed by atoms with van der Waals surface area (Å²) >= 11 is 3.54. The second-order valence-corrected chi connectivity index (χ2v) is 5.42. The Hall–Kier alpha value is -1.55. The summed E-state index contributed by atoms with van der Waals surface area (Å²) in [5.41, 5.74) is 2.41. The second kappa shape index (κ2) is 6.27. The van der Waals surface area contributed by atoms with Crippen LogP contribution in [0.25, 0.3) is 0 Å². The molecule has 0 aliphatic carbocycles. The number of alkyl halides is 1. The quantitative estimate of drug-likeness (QED) is 0.756. The summed E-state index contributed by atoms with van der Waals surface area (Å²) in [6, 6.07) is 10.8. The largest absolute Gasteiger partial charge is 0.493 e. The summed E-state index contributed by atoms with van der Waals surface area (Å²) in [5, 5.41) is 0. The molecule has 0 heterocycles. The molecule has 2 aromatic carbocycles. The van der Waals surface area contributed by atoms with Gasteiger partial charge in [-0.2, -0.15) is 0 Å². The highest BCUT2D eigenvalue weighted by Crippen LogP contribution is 2.37. The number of ether oxygens (including phenoxy) is 2. The van der Waals surface area contributed by atoms with E-state index in [-0.39, 0.29) is 10.6 Å². The van der Waals surface area contributed by atoms with Crippen LogP contribution in [0.5, 0.6) is 11.5 Å². The van der Waals surface area contributed by atoms with Gasteiger partial charge in [-0.15, -0.1) is 0 Å². The highest BCUT2D eigenvalue weighted by atomic mass is 79.9. The first kappa shape index (κ1) is 14.9. The van der Waals surface area contributed by atoms with Crippen molar-refractivity contribution in [2.45, 2.75) is 11.8 Å². The Kier molecular flexibility index (Phi) is 4.65. The Labute approximate surface area is 126 Å². The highest BCUT2D eigenvalue weighted by Gasteiger charge is 2.17. The number of rotatable bonds is 4. The molecule has 0 radical (unpaired) electrons. The number of halogens is 2. The third-order valence-corrected chi connectivity index (χ3v) is 4.15. The van der Waals surface area contributed by atoms with E-state index in [4.69, 9.17) is 9.47 Å². The van der Waals surface area contributed by atoms with Crippen LogP contribution < -0.4 is 9.47 Å². The minimum absolute atomic E-state index is 0.221. The topological polar surface area (TPSA) is 18.5 Å². The van der Waals surface area contributed by atoms with Gasteiger partial charge in [-0.25, -0.2) is 4.39 Å². The molecule has 1 unspecified atom stereocenters. The Morgan fingerprint density at radius 3 is 2.30 bits per heavy atom. The molecule has 20 heavy (non-hydrogen) atoms. The van der Waals surface area contributed by atoms with E-state index in [1.165, 1.54) is 6.07 Å². The molecule has 2 rings (SSSR count). The van der Waals surface area contributed by atoms with Crippen molar-refractivity contribution in [3.8, 4) is 11.5 Å². The number of hydrogen-bond donors (Lipinski definition) is 0. The SMILES string of the molecule is COc1ccc(C(Br)c2ccc(C)cc2F)cc1OC. The molecule has 0 bridgehead atoms. The van der Waals surface area contributed by atoms with E-state index < -0.39 is 0 Å². The van der Waals surface area contributed by atoms with Crippen molar-refractivity contribution in [2.75, 3.05) is 14.2 Å². The van der Waals surface area contributed by atoms with Gasteiger partial charge in [0.05, 0.1) is 19.0 Å². The minimum atomic E-state index is -0.233. The summed E-state index contributed by atoms with van der Waals surface area (Å²) < 4.78 is 24.5. The van der Waals surface area contributed by atoms with Gasteiger partial charge in [-0.05, 0) is 36.2 Å². The van der Waals surface area contributed by atoms with Gasteiger partial charge in [0.1, 0.15) is 5.82 Å². The maximum absolute atomic E-state index is 14.0. The molecule has 0 aromatic heterocycles. The lowest BCUT2D eigenvalue weighted by Gasteiger charge is -2.15. The third kappa shape index (κ3) is 2.96. The molecule has 4 heteroatoms. The highest BCUT2D eigenvalue weighted by molar-refractivity contribution is 9.09. The zero-order valence-corrected chi connectivity index (χ0v) is 13.2. The van der Waals surface area contributed by atoms with Gasteiger partial charge in [-0.3, -0.25) is 0 Å². The Bertz CT molecular complexity index is 613. The first-order chi connectivity index (χ1) is 9.56. The fourth-order valence-corrected chi connectivity index (χ4v) is 2.68. The molecule has 0 spiro atoms. The van der Waals surface area contributed by atoms with E-state index >= 15 is 0 Å². The van der Waals surface area contributed by atoms with Crippen molar-refractivity contribution in [1.29, 1.82) is 0 Å². The van der Waals surface area contributed by atoms with Crippen LogP contribution in [0.15, 0.2) is 36.4 Å². The first-order valence-corrected chi connectivity index (χ1v) is 7.10. The third-order valence-electron chi connectivity index (χ3n) is 3.13. The van der Waals surface area contributed by atoms with Crippen LogP contribution in [0.4, 0.5) is 4.39 Å². The van der Waals surface area contributed by atoms with Gasteiger partial charge in [0, 0.05) is 5.56 Å². The van der Waals surface area contributed by atoms with E-state index in [1.54, 1.807) is 20.3 Å². The lowest BCUT2D eigenvalue weighted by Crippen LogP contribution is -1.99. The second-order valence-electron chi connectivity index (χ2n) is 4.50. The van der Waals surface area contributed by atoms with Gasteiger partial charge < -0.3 is 9.47 Å². The van der Waals surface area contributed by atoms with Crippen LogP contribution >= 0.6 is 15.9 Å². The average molecular weight is 339 g/mol. The van der Waals surface area contributed by atoms with Crippen molar-refractivity contribution in [3.63, 3.8) is 0 Å². The predicted octanol–water partition coefficient (Wildman–Crippen LogP) is 4.64. The first-order valence-electron chi connectivity index (χ1n) is 6.19. The Morgan fingerprint density at radius 2 is 1.70 bits per heavy atom. The van der Waals surface area contributed by atoms with Crippen molar-refractivity contribution < 1.29 is 13.9 Å². The van der Waals surface area contributed by atoms with Gasteiger partial charge in [0.15, 0.2) is 11.5 Å². The van der Waals surface area contributed by atoms with Crippen LogP contribution in [0, 0.1) is 12.7 Å². The normalized spacial score (nSPS) is 12.1. The fourth-order valence-electron chi connectivity index (χ4n) is 2.03. The molecule has 0 fully saturated rings. The van der Waals surface area contributed by atoms with Gasteiger partial charge in [0.25, 0.3) is 0 Å². The van der Waals surface area contributed by atoms with Crippen molar-refractivity contribution in [2.24, 2.45) is 0 Å². The van der Waals surface area contributed by atoms with Gasteiger partial charge in [-0.1, -0.05) is 34.1 Å². The van der Waals surface area contributed by atoms with E-state index in [0.29, 0.717) is 17.1 Å². The molecule has 0 aliphatic heterocycles. The summed E-state index contributed by atoms with van der Waals surface area (Å²) in [7, 11) is 3.17. The van der Waals surface area contributed by atoms with Crippen molar-refractivity contribution in [1.82, 2.24) is 0 Å². The van der Waals surface area contributed by atoms with E-state index in [1.807, 2.05) is 31.2 Å². The minimum Gasteiger partial charge on any atom is -0.493 e. The summed E-state index contributed by atoms with van der Waals surface area (Å²) in [5.74, 6) is 1.06. The number of hydrogen-bond acceptors (Lipinski definition) is 2. The molecular weight excluding hydrogens is 323 g/mol. The summed E-state index contributed by atoms with van der Waals surface area (Å²) in [6.45, 7) is 1.87. The molecule has 0 amide bonds. The molecule has 106 valence electrons. The number of benzene rings is 2. The molecule has 2 nitrogen and oxygen atoms in total. The van der Waals surface area contributed by atoms with E-state index in [2.05, 4.69) is 15.9 Å². The number of methoxy groups -OCH3 is 2. The van der Waals surface area contributed by atoms with Gasteiger partial charge in [0.2, 0.25) is 0 Å². The average Bonchev–Trinajstić information content (AvgIpc) is 2.45. The van der Waals surface area contributed by atoms with E-state index in [9.17, 15) is 4.39 Å². The molecule has 0 N–H and O–H groups in total. The molecule has 0 aliphatic rings. The smallest absolute Gasteiger partial charge is 0.161 e. The standard InChI is InChI=1S/C16H16BrFO2/c1-10-4-6-12(13(18)8-10)16(17)11-5-7-14(19-2)15(9-11)20-3/h4-9,16H,1-3H3. The predicted molar refractivity (Wildman–Crippen MR) is 81.5 cm³/mol. The maximum Gasteiger partial charge on any atom is 0.161 e. The van der Waals surface area contributed by atoms with Crippen LogP contribution in [-0.2, 0) is 0 Å². The Morgan fingerprint density at radius 1 is 1.00 bits per heavy atom. The molecule has 0 saturated carbocycles. The van der Waals surface area contributed by atoms with Crippen molar-refractivity contribution in [3.05, 3.63) is 58.9 Å².